The molecule has 2 fully saturated rings. The Balaban J connectivity index is 1.47. The molecule has 0 unspecified atom stereocenters. The average Bonchev–Trinajstić information content (AvgIpc) is 3.28. The SMILES string of the molecule is Cc1nc(CSc2ccccc2C(=O)N2C[C@H]3CCC[C@@H]3C2)no1. The van der Waals surface area contributed by atoms with Crippen molar-refractivity contribution in [1.82, 2.24) is 15.0 Å². The highest BCUT2D eigenvalue weighted by Gasteiger charge is 2.38. The normalized spacial score (nSPS) is 22.8. The number of nitrogens with zero attached hydrogens (tertiary/aromatic N) is 3. The lowest BCUT2D eigenvalue weighted by molar-refractivity contribution is 0.0777. The number of carbonyl (C=O) groups excluding carboxylic acids is 1. The molecule has 1 aliphatic carbocycles. The van der Waals surface area contributed by atoms with Crippen molar-refractivity contribution < 1.29 is 9.32 Å². The molecule has 2 aliphatic rings. The summed E-state index contributed by atoms with van der Waals surface area (Å²) in [5.41, 5.74) is 0.794. The average molecular weight is 343 g/mol. The van der Waals surface area contributed by atoms with E-state index in [2.05, 4.69) is 10.1 Å². The lowest BCUT2D eigenvalue weighted by Crippen LogP contribution is -2.29. The Morgan fingerprint density at radius 3 is 2.75 bits per heavy atom. The van der Waals surface area contributed by atoms with Crippen molar-refractivity contribution in [2.45, 2.75) is 36.8 Å². The summed E-state index contributed by atoms with van der Waals surface area (Å²) in [6.45, 7) is 3.63. The third-order valence-electron chi connectivity index (χ3n) is 5.06. The number of thioether (sulfide) groups is 1. The summed E-state index contributed by atoms with van der Waals surface area (Å²) in [7, 11) is 0. The fourth-order valence-corrected chi connectivity index (χ4v) is 4.77. The van der Waals surface area contributed by atoms with Crippen LogP contribution in [0.25, 0.3) is 0 Å². The molecule has 2 atom stereocenters. The molecule has 4 rings (SSSR count). The van der Waals surface area contributed by atoms with Gasteiger partial charge in [-0.25, -0.2) is 0 Å². The van der Waals surface area contributed by atoms with Gasteiger partial charge in [-0.3, -0.25) is 4.79 Å². The number of aromatic nitrogens is 2. The molecule has 0 bridgehead atoms. The smallest absolute Gasteiger partial charge is 0.255 e. The predicted octanol–water partition coefficient (Wildman–Crippen LogP) is 3.54. The summed E-state index contributed by atoms with van der Waals surface area (Å²) in [5.74, 6) is 3.44. The fourth-order valence-electron chi connectivity index (χ4n) is 3.88. The first-order valence-electron chi connectivity index (χ1n) is 8.51. The van der Waals surface area contributed by atoms with Gasteiger partial charge < -0.3 is 9.42 Å². The van der Waals surface area contributed by atoms with Gasteiger partial charge in [-0.05, 0) is 36.8 Å². The van der Waals surface area contributed by atoms with Gasteiger partial charge in [-0.2, -0.15) is 4.98 Å². The number of aryl methyl sites for hydroxylation is 1. The highest BCUT2D eigenvalue weighted by molar-refractivity contribution is 7.98. The number of likely N-dealkylation sites (tertiary alicyclic amines) is 1. The van der Waals surface area contributed by atoms with Crippen LogP contribution >= 0.6 is 11.8 Å². The summed E-state index contributed by atoms with van der Waals surface area (Å²) in [4.78, 5) is 20.2. The molecular weight excluding hydrogens is 322 g/mol. The first-order valence-corrected chi connectivity index (χ1v) is 9.49. The van der Waals surface area contributed by atoms with E-state index >= 15 is 0 Å². The number of hydrogen-bond acceptors (Lipinski definition) is 5. The predicted molar refractivity (Wildman–Crippen MR) is 91.8 cm³/mol. The fraction of sp³-hybridized carbons (Fsp3) is 0.500. The van der Waals surface area contributed by atoms with E-state index < -0.39 is 0 Å². The Kier molecular flexibility index (Phi) is 4.31. The number of carbonyl (C=O) groups is 1. The first kappa shape index (κ1) is 15.7. The van der Waals surface area contributed by atoms with E-state index in [4.69, 9.17) is 4.52 Å². The Morgan fingerprint density at radius 2 is 2.04 bits per heavy atom. The molecule has 1 aromatic carbocycles. The highest BCUT2D eigenvalue weighted by Crippen LogP contribution is 2.38. The van der Waals surface area contributed by atoms with Crippen LogP contribution < -0.4 is 0 Å². The second-order valence-electron chi connectivity index (χ2n) is 6.68. The molecule has 6 heteroatoms. The molecule has 5 nitrogen and oxygen atoms in total. The minimum Gasteiger partial charge on any atom is -0.340 e. The quantitative estimate of drug-likeness (QED) is 0.795. The molecule has 1 saturated heterocycles. The van der Waals surface area contributed by atoms with Crippen LogP contribution in [0.2, 0.25) is 0 Å². The van der Waals surface area contributed by atoms with Crippen molar-refractivity contribution in [2.75, 3.05) is 13.1 Å². The minimum atomic E-state index is 0.164. The van der Waals surface area contributed by atoms with E-state index in [0.29, 0.717) is 17.5 Å². The largest absolute Gasteiger partial charge is 0.340 e. The maximum atomic E-state index is 13.0. The summed E-state index contributed by atoms with van der Waals surface area (Å²) < 4.78 is 5.00. The molecule has 126 valence electrons. The van der Waals surface area contributed by atoms with Crippen LogP contribution in [-0.4, -0.2) is 34.0 Å². The Hall–Kier alpha value is -1.82. The number of rotatable bonds is 4. The van der Waals surface area contributed by atoms with Gasteiger partial charge in [0.05, 0.1) is 11.3 Å². The van der Waals surface area contributed by atoms with Crippen molar-refractivity contribution in [3.8, 4) is 0 Å². The van der Waals surface area contributed by atoms with Gasteiger partial charge in [0, 0.05) is 24.9 Å². The maximum absolute atomic E-state index is 13.0. The molecule has 1 amide bonds. The summed E-state index contributed by atoms with van der Waals surface area (Å²) in [6.07, 6.45) is 3.89. The topological polar surface area (TPSA) is 59.2 Å². The van der Waals surface area contributed by atoms with Crippen LogP contribution in [0.5, 0.6) is 0 Å². The van der Waals surface area contributed by atoms with Crippen LogP contribution in [0.3, 0.4) is 0 Å². The lowest BCUT2D eigenvalue weighted by Gasteiger charge is -2.19. The monoisotopic (exact) mass is 343 g/mol. The van der Waals surface area contributed by atoms with Gasteiger partial charge in [0.15, 0.2) is 5.82 Å². The lowest BCUT2D eigenvalue weighted by atomic mass is 10.0. The van der Waals surface area contributed by atoms with E-state index in [-0.39, 0.29) is 5.91 Å². The number of amides is 1. The van der Waals surface area contributed by atoms with Gasteiger partial charge in [-0.15, -0.1) is 11.8 Å². The molecule has 0 radical (unpaired) electrons. The van der Waals surface area contributed by atoms with E-state index in [9.17, 15) is 4.79 Å². The summed E-state index contributed by atoms with van der Waals surface area (Å²) in [6, 6.07) is 7.84. The summed E-state index contributed by atoms with van der Waals surface area (Å²) in [5, 5.41) is 3.92. The van der Waals surface area contributed by atoms with Crippen molar-refractivity contribution in [2.24, 2.45) is 11.8 Å². The van der Waals surface area contributed by atoms with Crippen molar-refractivity contribution in [3.63, 3.8) is 0 Å². The molecule has 2 aromatic rings. The molecule has 24 heavy (non-hydrogen) atoms. The standard InChI is InChI=1S/C18H21N3O2S/c1-12-19-17(20-23-12)11-24-16-8-3-2-7-15(16)18(22)21-9-13-5-4-6-14(13)10-21/h2-3,7-8,13-14H,4-6,9-11H2,1H3/t13-,14-/m1/s1. The van der Waals surface area contributed by atoms with Gasteiger partial charge in [-0.1, -0.05) is 23.7 Å². The van der Waals surface area contributed by atoms with Crippen LogP contribution in [-0.2, 0) is 5.75 Å². The number of hydrogen-bond donors (Lipinski definition) is 0. The molecule has 2 heterocycles. The van der Waals surface area contributed by atoms with E-state index in [1.54, 1.807) is 18.7 Å². The van der Waals surface area contributed by atoms with E-state index in [1.165, 1.54) is 19.3 Å². The van der Waals surface area contributed by atoms with Crippen molar-refractivity contribution >= 4 is 17.7 Å². The maximum Gasteiger partial charge on any atom is 0.255 e. The third-order valence-corrected chi connectivity index (χ3v) is 6.13. The van der Waals surface area contributed by atoms with Crippen LogP contribution in [0.4, 0.5) is 0 Å². The Morgan fingerprint density at radius 1 is 1.29 bits per heavy atom. The van der Waals surface area contributed by atoms with Gasteiger partial charge in [0.2, 0.25) is 5.89 Å². The number of fused-ring (bicyclic) bond motifs is 1. The van der Waals surface area contributed by atoms with Gasteiger partial charge in [0.25, 0.3) is 5.91 Å². The highest BCUT2D eigenvalue weighted by atomic mass is 32.2. The Bertz CT molecular complexity index is 733. The third kappa shape index (κ3) is 3.07. The molecule has 1 aromatic heterocycles. The zero-order valence-electron chi connectivity index (χ0n) is 13.8. The molecule has 1 aliphatic heterocycles. The van der Waals surface area contributed by atoms with Crippen molar-refractivity contribution in [3.05, 3.63) is 41.5 Å². The van der Waals surface area contributed by atoms with E-state index in [0.717, 1.165) is 35.4 Å². The second-order valence-corrected chi connectivity index (χ2v) is 7.69. The van der Waals surface area contributed by atoms with E-state index in [1.807, 2.05) is 29.2 Å². The Labute approximate surface area is 145 Å². The molecule has 0 spiro atoms. The number of benzene rings is 1. The minimum absolute atomic E-state index is 0.164. The molecule has 0 N–H and O–H groups in total. The molecular formula is C18H21N3O2S. The van der Waals surface area contributed by atoms with Crippen molar-refractivity contribution in [1.29, 1.82) is 0 Å². The van der Waals surface area contributed by atoms with Crippen LogP contribution in [0.1, 0.15) is 41.3 Å². The first-order chi connectivity index (χ1) is 11.7. The van der Waals surface area contributed by atoms with Gasteiger partial charge in [0.1, 0.15) is 0 Å². The van der Waals surface area contributed by atoms with Gasteiger partial charge >= 0.3 is 0 Å². The zero-order valence-corrected chi connectivity index (χ0v) is 14.6. The van der Waals surface area contributed by atoms with Crippen LogP contribution in [0.15, 0.2) is 33.7 Å². The second kappa shape index (κ2) is 6.59. The zero-order chi connectivity index (χ0) is 16.5. The molecule has 1 saturated carbocycles. The van der Waals surface area contributed by atoms with Crippen LogP contribution in [0, 0.1) is 18.8 Å². The summed E-state index contributed by atoms with van der Waals surface area (Å²) >= 11 is 1.59.